The lowest BCUT2D eigenvalue weighted by Gasteiger charge is -2.32. The van der Waals surface area contributed by atoms with Gasteiger partial charge in [-0.25, -0.2) is 8.78 Å². The maximum absolute atomic E-state index is 13.1. The molecule has 0 bridgehead atoms. The van der Waals surface area contributed by atoms with E-state index in [1.165, 1.54) is 6.07 Å². The third-order valence-corrected chi connectivity index (χ3v) is 3.16. The molecule has 1 aliphatic heterocycles. The normalized spacial score (nSPS) is 25.2. The van der Waals surface area contributed by atoms with Gasteiger partial charge in [0.05, 0.1) is 12.7 Å². The van der Waals surface area contributed by atoms with Crippen LogP contribution in [-0.2, 0) is 4.74 Å². The first-order valence-corrected chi connectivity index (χ1v) is 5.88. The second-order valence-corrected chi connectivity index (χ2v) is 4.75. The van der Waals surface area contributed by atoms with Crippen molar-refractivity contribution in [3.63, 3.8) is 0 Å². The number of hydrogen-bond acceptors (Lipinski definition) is 2. The van der Waals surface area contributed by atoms with Crippen molar-refractivity contribution in [2.75, 3.05) is 13.2 Å². The highest BCUT2D eigenvalue weighted by atomic mass is 19.2. The van der Waals surface area contributed by atoms with Crippen LogP contribution in [0.3, 0.4) is 0 Å². The Kier molecular flexibility index (Phi) is 3.74. The molecule has 17 heavy (non-hydrogen) atoms. The molecule has 0 aliphatic carbocycles. The van der Waals surface area contributed by atoms with Crippen LogP contribution in [0.25, 0.3) is 0 Å². The minimum absolute atomic E-state index is 0.194. The van der Waals surface area contributed by atoms with Gasteiger partial charge in [0.2, 0.25) is 0 Å². The molecule has 0 radical (unpaired) electrons. The van der Waals surface area contributed by atoms with E-state index in [2.05, 4.69) is 19.2 Å². The third kappa shape index (κ3) is 2.82. The predicted octanol–water partition coefficient (Wildman–Crippen LogP) is 2.65. The minimum atomic E-state index is -0.822. The first-order chi connectivity index (χ1) is 8.08. The summed E-state index contributed by atoms with van der Waals surface area (Å²) in [6.45, 7) is 5.48. The summed E-state index contributed by atoms with van der Waals surface area (Å²) in [4.78, 5) is 0. The number of halogens is 2. The first kappa shape index (κ1) is 12.5. The monoisotopic (exact) mass is 241 g/mol. The summed E-state index contributed by atoms with van der Waals surface area (Å²) in [6, 6.07) is 4.25. The molecular weight excluding hydrogens is 224 g/mol. The van der Waals surface area contributed by atoms with Crippen molar-refractivity contribution in [1.29, 1.82) is 0 Å². The first-order valence-electron chi connectivity index (χ1n) is 5.88. The summed E-state index contributed by atoms with van der Waals surface area (Å²) >= 11 is 0. The zero-order valence-corrected chi connectivity index (χ0v) is 10.0. The minimum Gasteiger partial charge on any atom is -0.371 e. The topological polar surface area (TPSA) is 21.3 Å². The fourth-order valence-electron chi connectivity index (χ4n) is 1.95. The molecule has 2 atom stereocenters. The maximum Gasteiger partial charge on any atom is 0.159 e. The molecule has 0 spiro atoms. The lowest BCUT2D eigenvalue weighted by Crippen LogP contribution is -2.45. The van der Waals surface area contributed by atoms with E-state index in [0.717, 1.165) is 6.07 Å². The van der Waals surface area contributed by atoms with E-state index in [0.29, 0.717) is 30.7 Å². The Hall–Kier alpha value is -1.00. The van der Waals surface area contributed by atoms with Crippen molar-refractivity contribution in [2.45, 2.75) is 26.0 Å². The van der Waals surface area contributed by atoms with E-state index in [1.54, 1.807) is 6.07 Å². The van der Waals surface area contributed by atoms with Crippen molar-refractivity contribution < 1.29 is 13.5 Å². The van der Waals surface area contributed by atoms with E-state index in [-0.39, 0.29) is 6.10 Å². The molecule has 1 aromatic rings. The smallest absolute Gasteiger partial charge is 0.159 e. The Morgan fingerprint density at radius 1 is 1.29 bits per heavy atom. The molecule has 2 rings (SSSR count). The van der Waals surface area contributed by atoms with Crippen molar-refractivity contribution in [3.8, 4) is 0 Å². The molecule has 94 valence electrons. The SMILES string of the molecule is CC(C)C1COC(c2ccc(F)c(F)c2)CN1. The lowest BCUT2D eigenvalue weighted by molar-refractivity contribution is -0.00729. The molecule has 0 amide bonds. The van der Waals surface area contributed by atoms with Gasteiger partial charge < -0.3 is 10.1 Å². The van der Waals surface area contributed by atoms with Crippen LogP contribution in [0.5, 0.6) is 0 Å². The molecule has 1 N–H and O–H groups in total. The second kappa shape index (κ2) is 5.10. The summed E-state index contributed by atoms with van der Waals surface area (Å²) in [6.07, 6.45) is -0.194. The summed E-state index contributed by atoms with van der Waals surface area (Å²) < 4.78 is 31.6. The third-order valence-electron chi connectivity index (χ3n) is 3.16. The predicted molar refractivity (Wildman–Crippen MR) is 61.7 cm³/mol. The largest absolute Gasteiger partial charge is 0.371 e. The molecule has 0 aromatic heterocycles. The average Bonchev–Trinajstić information content (AvgIpc) is 2.33. The van der Waals surface area contributed by atoms with E-state index < -0.39 is 11.6 Å². The quantitative estimate of drug-likeness (QED) is 0.859. The number of hydrogen-bond donors (Lipinski definition) is 1. The average molecular weight is 241 g/mol. The molecule has 1 heterocycles. The number of ether oxygens (including phenoxy) is 1. The van der Waals surface area contributed by atoms with Gasteiger partial charge in [-0.3, -0.25) is 0 Å². The summed E-state index contributed by atoms with van der Waals surface area (Å²) in [5, 5.41) is 3.36. The Labute approximate surface area is 100.0 Å². The van der Waals surface area contributed by atoms with Crippen molar-refractivity contribution in [2.24, 2.45) is 5.92 Å². The van der Waals surface area contributed by atoms with Gasteiger partial charge in [0, 0.05) is 12.6 Å². The summed E-state index contributed by atoms with van der Waals surface area (Å²) in [5.74, 6) is -1.14. The van der Waals surface area contributed by atoms with Gasteiger partial charge in [-0.05, 0) is 23.6 Å². The zero-order valence-electron chi connectivity index (χ0n) is 10.0. The fourth-order valence-corrected chi connectivity index (χ4v) is 1.95. The van der Waals surface area contributed by atoms with Gasteiger partial charge in [0.25, 0.3) is 0 Å². The van der Waals surface area contributed by atoms with Crippen molar-refractivity contribution in [1.82, 2.24) is 5.32 Å². The maximum atomic E-state index is 13.1. The molecule has 2 unspecified atom stereocenters. The fraction of sp³-hybridized carbons (Fsp3) is 0.538. The molecule has 1 aromatic carbocycles. The van der Waals surface area contributed by atoms with Gasteiger partial charge in [-0.2, -0.15) is 0 Å². The van der Waals surface area contributed by atoms with Crippen LogP contribution >= 0.6 is 0 Å². The van der Waals surface area contributed by atoms with Gasteiger partial charge in [0.1, 0.15) is 0 Å². The van der Waals surface area contributed by atoms with Crippen LogP contribution in [0.15, 0.2) is 18.2 Å². The molecular formula is C13H17F2NO. The van der Waals surface area contributed by atoms with Crippen molar-refractivity contribution >= 4 is 0 Å². The molecule has 4 heteroatoms. The standard InChI is InChI=1S/C13H17F2NO/c1-8(2)12-7-17-13(6-16-12)9-3-4-10(14)11(15)5-9/h3-5,8,12-13,16H,6-7H2,1-2H3. The van der Waals surface area contributed by atoms with Crippen molar-refractivity contribution in [3.05, 3.63) is 35.4 Å². The Morgan fingerprint density at radius 2 is 2.06 bits per heavy atom. The van der Waals surface area contributed by atoms with E-state index in [9.17, 15) is 8.78 Å². The van der Waals surface area contributed by atoms with Crippen LogP contribution in [0.2, 0.25) is 0 Å². The van der Waals surface area contributed by atoms with E-state index in [1.807, 2.05) is 0 Å². The summed E-state index contributed by atoms with van der Waals surface area (Å²) in [7, 11) is 0. The second-order valence-electron chi connectivity index (χ2n) is 4.75. The molecule has 0 saturated carbocycles. The molecule has 1 fully saturated rings. The number of nitrogens with one attached hydrogen (secondary N) is 1. The Morgan fingerprint density at radius 3 is 2.59 bits per heavy atom. The Bertz CT molecular complexity index is 387. The van der Waals surface area contributed by atoms with Gasteiger partial charge in [-0.1, -0.05) is 19.9 Å². The number of rotatable bonds is 2. The van der Waals surface area contributed by atoms with Gasteiger partial charge in [0.15, 0.2) is 11.6 Å². The van der Waals surface area contributed by atoms with Crippen LogP contribution in [0.1, 0.15) is 25.5 Å². The van der Waals surface area contributed by atoms with Crippen LogP contribution < -0.4 is 5.32 Å². The molecule has 1 saturated heterocycles. The zero-order chi connectivity index (χ0) is 12.4. The highest BCUT2D eigenvalue weighted by molar-refractivity contribution is 5.21. The lowest BCUT2D eigenvalue weighted by atomic mass is 10.0. The number of morpholine rings is 1. The van der Waals surface area contributed by atoms with Gasteiger partial charge in [-0.15, -0.1) is 0 Å². The van der Waals surface area contributed by atoms with Crippen LogP contribution in [0, 0.1) is 17.6 Å². The van der Waals surface area contributed by atoms with E-state index >= 15 is 0 Å². The highest BCUT2D eigenvalue weighted by Crippen LogP contribution is 2.23. The number of benzene rings is 1. The van der Waals surface area contributed by atoms with Crippen LogP contribution in [-0.4, -0.2) is 19.2 Å². The van der Waals surface area contributed by atoms with Crippen LogP contribution in [0.4, 0.5) is 8.78 Å². The molecule has 1 aliphatic rings. The molecule has 2 nitrogen and oxygen atoms in total. The van der Waals surface area contributed by atoms with Gasteiger partial charge >= 0.3 is 0 Å². The summed E-state index contributed by atoms with van der Waals surface area (Å²) in [5.41, 5.74) is 0.679. The Balaban J connectivity index is 2.03. The highest BCUT2D eigenvalue weighted by Gasteiger charge is 2.24. The van der Waals surface area contributed by atoms with E-state index in [4.69, 9.17) is 4.74 Å².